The van der Waals surface area contributed by atoms with Gasteiger partial charge in [0.15, 0.2) is 0 Å². The Morgan fingerprint density at radius 3 is 2.31 bits per heavy atom. The second kappa shape index (κ2) is 6.22. The number of nitrogens with two attached hydrogens (primary N) is 1. The third-order valence-corrected chi connectivity index (χ3v) is 1.60. The molecule has 13 heavy (non-hydrogen) atoms. The van der Waals surface area contributed by atoms with Crippen molar-refractivity contribution >= 4 is 18.4 Å². The molecule has 0 spiro atoms. The summed E-state index contributed by atoms with van der Waals surface area (Å²) in [7, 11) is 0. The predicted molar refractivity (Wildman–Crippen MR) is 56.0 cm³/mol. The Hall–Kier alpha value is -0.280. The lowest BCUT2D eigenvalue weighted by Crippen LogP contribution is -2.36. The van der Waals surface area contributed by atoms with Gasteiger partial charge in [-0.1, -0.05) is 13.3 Å². The quantitative estimate of drug-likeness (QED) is 0.720. The van der Waals surface area contributed by atoms with Gasteiger partial charge in [-0.3, -0.25) is 4.79 Å². The molecule has 1 unspecified atom stereocenters. The summed E-state index contributed by atoms with van der Waals surface area (Å²) in [6.07, 6.45) is 1.87. The highest BCUT2D eigenvalue weighted by Crippen LogP contribution is 2.16. The highest BCUT2D eigenvalue weighted by molar-refractivity contribution is 5.85. The SMILES string of the molecule is CCCC(C)(C)OC(=O)C(C)N.Cl. The molecule has 0 aliphatic heterocycles. The van der Waals surface area contributed by atoms with Crippen LogP contribution in [0.2, 0.25) is 0 Å². The molecular weight excluding hydrogens is 190 g/mol. The molecule has 1 atom stereocenters. The van der Waals surface area contributed by atoms with Gasteiger partial charge in [-0.2, -0.15) is 0 Å². The topological polar surface area (TPSA) is 52.3 Å². The largest absolute Gasteiger partial charge is 0.459 e. The average Bonchev–Trinajstić information content (AvgIpc) is 1.85. The van der Waals surface area contributed by atoms with Gasteiger partial charge in [0.25, 0.3) is 0 Å². The summed E-state index contributed by atoms with van der Waals surface area (Å²) in [5, 5.41) is 0. The van der Waals surface area contributed by atoms with Crippen LogP contribution in [0.1, 0.15) is 40.5 Å². The van der Waals surface area contributed by atoms with Crippen LogP contribution in [0, 0.1) is 0 Å². The third-order valence-electron chi connectivity index (χ3n) is 1.60. The van der Waals surface area contributed by atoms with Crippen molar-refractivity contribution in [2.24, 2.45) is 5.73 Å². The van der Waals surface area contributed by atoms with Crippen LogP contribution in [-0.4, -0.2) is 17.6 Å². The van der Waals surface area contributed by atoms with Crippen molar-refractivity contribution in [3.63, 3.8) is 0 Å². The van der Waals surface area contributed by atoms with Crippen molar-refractivity contribution in [2.45, 2.75) is 52.2 Å². The molecule has 0 radical (unpaired) electrons. The van der Waals surface area contributed by atoms with Crippen LogP contribution in [-0.2, 0) is 9.53 Å². The summed E-state index contributed by atoms with van der Waals surface area (Å²) >= 11 is 0. The lowest BCUT2D eigenvalue weighted by Gasteiger charge is -2.25. The molecule has 0 saturated heterocycles. The van der Waals surface area contributed by atoms with Crippen molar-refractivity contribution < 1.29 is 9.53 Å². The summed E-state index contributed by atoms with van der Waals surface area (Å²) in [5.74, 6) is -0.326. The molecule has 0 aromatic carbocycles. The Bertz CT molecular complexity index is 158. The fourth-order valence-electron chi connectivity index (χ4n) is 1.02. The zero-order valence-corrected chi connectivity index (χ0v) is 9.61. The van der Waals surface area contributed by atoms with Gasteiger partial charge in [0.2, 0.25) is 0 Å². The normalized spacial score (nSPS) is 13.0. The molecule has 0 saturated carbocycles. The Kier molecular flexibility index (Phi) is 7.27. The fourth-order valence-corrected chi connectivity index (χ4v) is 1.02. The van der Waals surface area contributed by atoms with Crippen LogP contribution in [0.25, 0.3) is 0 Å². The van der Waals surface area contributed by atoms with Crippen LogP contribution in [0.5, 0.6) is 0 Å². The molecule has 0 fully saturated rings. The van der Waals surface area contributed by atoms with Crippen LogP contribution in [0.4, 0.5) is 0 Å². The van der Waals surface area contributed by atoms with E-state index in [9.17, 15) is 4.79 Å². The molecule has 0 bridgehead atoms. The second-order valence-electron chi connectivity index (χ2n) is 3.72. The average molecular weight is 210 g/mol. The molecule has 0 rings (SSSR count). The first-order valence-electron chi connectivity index (χ1n) is 4.37. The highest BCUT2D eigenvalue weighted by atomic mass is 35.5. The van der Waals surface area contributed by atoms with Gasteiger partial charge in [-0.15, -0.1) is 12.4 Å². The summed E-state index contributed by atoms with van der Waals surface area (Å²) in [6.45, 7) is 7.49. The molecule has 80 valence electrons. The number of rotatable bonds is 4. The Morgan fingerprint density at radius 2 is 2.00 bits per heavy atom. The molecule has 2 N–H and O–H groups in total. The van der Waals surface area contributed by atoms with Crippen molar-refractivity contribution in [2.75, 3.05) is 0 Å². The molecule has 0 aliphatic carbocycles. The molecule has 0 aliphatic rings. The minimum absolute atomic E-state index is 0. The minimum Gasteiger partial charge on any atom is -0.459 e. The summed E-state index contributed by atoms with van der Waals surface area (Å²) in [5.41, 5.74) is 4.99. The van der Waals surface area contributed by atoms with Crippen LogP contribution < -0.4 is 5.73 Å². The molecule has 0 aromatic heterocycles. The number of halogens is 1. The first-order chi connectivity index (χ1) is 5.39. The lowest BCUT2D eigenvalue weighted by molar-refractivity contribution is -0.158. The zero-order valence-electron chi connectivity index (χ0n) is 8.79. The third kappa shape index (κ3) is 6.84. The van der Waals surface area contributed by atoms with Gasteiger partial charge in [0, 0.05) is 0 Å². The summed E-state index contributed by atoms with van der Waals surface area (Å²) in [6, 6.07) is -0.527. The van der Waals surface area contributed by atoms with Crippen molar-refractivity contribution in [1.82, 2.24) is 0 Å². The monoisotopic (exact) mass is 209 g/mol. The van der Waals surface area contributed by atoms with Gasteiger partial charge in [0.1, 0.15) is 11.6 Å². The summed E-state index contributed by atoms with van der Waals surface area (Å²) < 4.78 is 5.18. The van der Waals surface area contributed by atoms with E-state index >= 15 is 0 Å². The minimum atomic E-state index is -0.527. The number of ether oxygens (including phenoxy) is 1. The smallest absolute Gasteiger partial charge is 0.323 e. The number of hydrogen-bond donors (Lipinski definition) is 1. The van der Waals surface area contributed by atoms with Crippen LogP contribution >= 0.6 is 12.4 Å². The number of esters is 1. The predicted octanol–water partition coefficient (Wildman–Crippen LogP) is 1.88. The van der Waals surface area contributed by atoms with E-state index in [4.69, 9.17) is 10.5 Å². The highest BCUT2D eigenvalue weighted by Gasteiger charge is 2.23. The van der Waals surface area contributed by atoms with Crippen LogP contribution in [0.15, 0.2) is 0 Å². The number of hydrogen-bond acceptors (Lipinski definition) is 3. The van der Waals surface area contributed by atoms with Crippen molar-refractivity contribution in [1.29, 1.82) is 0 Å². The van der Waals surface area contributed by atoms with Gasteiger partial charge in [0.05, 0.1) is 0 Å². The zero-order chi connectivity index (χ0) is 9.78. The molecule has 3 nitrogen and oxygen atoms in total. The maximum atomic E-state index is 11.1. The number of carbonyl (C=O) groups is 1. The van der Waals surface area contributed by atoms with E-state index in [-0.39, 0.29) is 24.0 Å². The first-order valence-corrected chi connectivity index (χ1v) is 4.37. The Labute approximate surface area is 86.4 Å². The van der Waals surface area contributed by atoms with Gasteiger partial charge in [-0.05, 0) is 27.2 Å². The van der Waals surface area contributed by atoms with E-state index in [1.54, 1.807) is 6.92 Å². The van der Waals surface area contributed by atoms with Crippen LogP contribution in [0.3, 0.4) is 0 Å². The standard InChI is InChI=1S/C9H19NO2.ClH/c1-5-6-9(3,4)12-8(11)7(2)10;/h7H,5-6,10H2,1-4H3;1H. The first kappa shape index (κ1) is 15.2. The number of carbonyl (C=O) groups excluding carboxylic acids is 1. The molecule has 0 amide bonds. The maximum absolute atomic E-state index is 11.1. The Balaban J connectivity index is 0. The van der Waals surface area contributed by atoms with E-state index in [2.05, 4.69) is 6.92 Å². The maximum Gasteiger partial charge on any atom is 0.323 e. The van der Waals surface area contributed by atoms with E-state index < -0.39 is 6.04 Å². The van der Waals surface area contributed by atoms with Gasteiger partial charge >= 0.3 is 5.97 Å². The molecular formula is C9H20ClNO2. The molecule has 4 heteroatoms. The molecule has 0 heterocycles. The van der Waals surface area contributed by atoms with E-state index in [0.29, 0.717) is 0 Å². The fraction of sp³-hybridized carbons (Fsp3) is 0.889. The van der Waals surface area contributed by atoms with E-state index in [1.165, 1.54) is 0 Å². The lowest BCUT2D eigenvalue weighted by atomic mass is 10.0. The van der Waals surface area contributed by atoms with Crippen molar-refractivity contribution in [3.05, 3.63) is 0 Å². The van der Waals surface area contributed by atoms with E-state index in [1.807, 2.05) is 13.8 Å². The second-order valence-corrected chi connectivity index (χ2v) is 3.72. The van der Waals surface area contributed by atoms with Gasteiger partial charge < -0.3 is 10.5 Å². The van der Waals surface area contributed by atoms with Crippen molar-refractivity contribution in [3.8, 4) is 0 Å². The van der Waals surface area contributed by atoms with E-state index in [0.717, 1.165) is 12.8 Å². The Morgan fingerprint density at radius 1 is 1.54 bits per heavy atom. The summed E-state index contributed by atoms with van der Waals surface area (Å²) in [4.78, 5) is 11.1. The molecule has 0 aromatic rings. The van der Waals surface area contributed by atoms with Gasteiger partial charge in [-0.25, -0.2) is 0 Å².